The van der Waals surface area contributed by atoms with Crippen molar-refractivity contribution in [2.45, 2.75) is 31.7 Å². The number of anilines is 1. The summed E-state index contributed by atoms with van der Waals surface area (Å²) in [7, 11) is -2.44. The molecule has 0 aliphatic rings. The van der Waals surface area contributed by atoms with E-state index in [1.54, 1.807) is 49.5 Å². The number of methoxy groups -OCH3 is 1. The largest absolute Gasteiger partial charge is 0.495 e. The van der Waals surface area contributed by atoms with Gasteiger partial charge in [0.05, 0.1) is 23.9 Å². The number of sulfonamides is 1. The maximum atomic E-state index is 13.0. The third kappa shape index (κ3) is 5.64. The standard InChI is InChI=1S/C22H26N4O4S/c1-16-14-24-26(15-16)12-6-11-23-22(27)18-10-9-17(2)21(13-18)31(28,29)25-19-7-4-5-8-20(19)30-3/h4-5,7-10,13-15,25H,6,11-12H2,1-3H3,(H,23,27). The van der Waals surface area contributed by atoms with Crippen LogP contribution in [0.2, 0.25) is 0 Å². The Morgan fingerprint density at radius 1 is 1.16 bits per heavy atom. The van der Waals surface area contributed by atoms with Gasteiger partial charge in [0.1, 0.15) is 5.75 Å². The zero-order valence-corrected chi connectivity index (χ0v) is 18.6. The Morgan fingerprint density at radius 2 is 1.94 bits per heavy atom. The second-order valence-electron chi connectivity index (χ2n) is 7.18. The highest BCUT2D eigenvalue weighted by molar-refractivity contribution is 7.92. The lowest BCUT2D eigenvalue weighted by Gasteiger charge is -2.14. The van der Waals surface area contributed by atoms with E-state index in [2.05, 4.69) is 15.1 Å². The lowest BCUT2D eigenvalue weighted by Crippen LogP contribution is -2.26. The molecule has 3 aromatic rings. The average Bonchev–Trinajstić information content (AvgIpc) is 3.16. The molecule has 0 atom stereocenters. The quantitative estimate of drug-likeness (QED) is 0.496. The predicted octanol–water partition coefficient (Wildman–Crippen LogP) is 3.13. The highest BCUT2D eigenvalue weighted by Gasteiger charge is 2.20. The Kier molecular flexibility index (Phi) is 6.96. The van der Waals surface area contributed by atoms with E-state index in [1.165, 1.54) is 13.2 Å². The molecule has 164 valence electrons. The van der Waals surface area contributed by atoms with Gasteiger partial charge in [0.25, 0.3) is 15.9 Å². The maximum absolute atomic E-state index is 13.0. The highest BCUT2D eigenvalue weighted by atomic mass is 32.2. The molecule has 0 saturated heterocycles. The molecule has 0 radical (unpaired) electrons. The Bertz CT molecular complexity index is 1170. The van der Waals surface area contributed by atoms with Crippen LogP contribution in [0.15, 0.2) is 59.8 Å². The van der Waals surface area contributed by atoms with Gasteiger partial charge in [-0.2, -0.15) is 5.10 Å². The van der Waals surface area contributed by atoms with E-state index in [0.717, 1.165) is 5.56 Å². The van der Waals surface area contributed by atoms with Crippen LogP contribution < -0.4 is 14.8 Å². The molecule has 0 fully saturated rings. The van der Waals surface area contributed by atoms with Crippen LogP contribution in [0.3, 0.4) is 0 Å². The second-order valence-corrected chi connectivity index (χ2v) is 8.83. The summed E-state index contributed by atoms with van der Waals surface area (Å²) in [6.45, 7) is 4.79. The summed E-state index contributed by atoms with van der Waals surface area (Å²) in [5.41, 5.74) is 2.22. The molecule has 3 rings (SSSR count). The molecular formula is C22H26N4O4S. The van der Waals surface area contributed by atoms with Crippen molar-refractivity contribution < 1.29 is 17.9 Å². The minimum atomic E-state index is -3.91. The molecule has 1 amide bonds. The fourth-order valence-electron chi connectivity index (χ4n) is 3.09. The first-order valence-electron chi connectivity index (χ1n) is 9.84. The van der Waals surface area contributed by atoms with Gasteiger partial charge >= 0.3 is 0 Å². The minimum absolute atomic E-state index is 0.0399. The van der Waals surface area contributed by atoms with E-state index >= 15 is 0 Å². The van der Waals surface area contributed by atoms with Crippen LogP contribution in [0.4, 0.5) is 5.69 Å². The first-order chi connectivity index (χ1) is 14.8. The van der Waals surface area contributed by atoms with Gasteiger partial charge in [0.2, 0.25) is 0 Å². The maximum Gasteiger partial charge on any atom is 0.262 e. The fraction of sp³-hybridized carbons (Fsp3) is 0.273. The van der Waals surface area contributed by atoms with Crippen molar-refractivity contribution in [2.24, 2.45) is 0 Å². The number of ether oxygens (including phenoxy) is 1. The molecule has 31 heavy (non-hydrogen) atoms. The molecule has 8 nitrogen and oxygen atoms in total. The highest BCUT2D eigenvalue weighted by Crippen LogP contribution is 2.27. The number of benzene rings is 2. The number of carbonyl (C=O) groups excluding carboxylic acids is 1. The van der Waals surface area contributed by atoms with E-state index in [9.17, 15) is 13.2 Å². The topological polar surface area (TPSA) is 102 Å². The molecule has 1 aromatic heterocycles. The lowest BCUT2D eigenvalue weighted by atomic mass is 10.1. The summed E-state index contributed by atoms with van der Waals surface area (Å²) < 4.78 is 35.5. The monoisotopic (exact) mass is 442 g/mol. The average molecular weight is 443 g/mol. The SMILES string of the molecule is COc1ccccc1NS(=O)(=O)c1cc(C(=O)NCCCn2cc(C)cn2)ccc1C. The first kappa shape index (κ1) is 22.4. The summed E-state index contributed by atoms with van der Waals surface area (Å²) in [6, 6.07) is 11.4. The third-order valence-corrected chi connectivity index (χ3v) is 6.21. The predicted molar refractivity (Wildman–Crippen MR) is 119 cm³/mol. The number of para-hydroxylation sites is 2. The van der Waals surface area contributed by atoms with Crippen LogP contribution in [-0.4, -0.2) is 37.8 Å². The number of aryl methyl sites for hydroxylation is 3. The van der Waals surface area contributed by atoms with Gasteiger partial charge < -0.3 is 10.1 Å². The molecule has 0 aliphatic heterocycles. The number of nitrogens with zero attached hydrogens (tertiary/aromatic N) is 2. The van der Waals surface area contributed by atoms with Gasteiger partial charge in [-0.15, -0.1) is 0 Å². The zero-order valence-electron chi connectivity index (χ0n) is 17.8. The van der Waals surface area contributed by atoms with Crippen molar-refractivity contribution in [1.82, 2.24) is 15.1 Å². The number of hydrogen-bond donors (Lipinski definition) is 2. The Labute approximate surface area is 182 Å². The molecule has 0 aliphatic carbocycles. The fourth-order valence-corrected chi connectivity index (χ4v) is 4.44. The molecule has 0 spiro atoms. The number of hydrogen-bond acceptors (Lipinski definition) is 5. The smallest absolute Gasteiger partial charge is 0.262 e. The van der Waals surface area contributed by atoms with Crippen molar-refractivity contribution in [3.05, 3.63) is 71.5 Å². The third-order valence-electron chi connectivity index (χ3n) is 4.70. The van der Waals surface area contributed by atoms with Crippen LogP contribution in [-0.2, 0) is 16.6 Å². The first-order valence-corrected chi connectivity index (χ1v) is 11.3. The minimum Gasteiger partial charge on any atom is -0.495 e. The molecule has 0 unspecified atom stereocenters. The van der Waals surface area contributed by atoms with E-state index in [-0.39, 0.29) is 16.4 Å². The molecule has 2 aromatic carbocycles. The normalized spacial score (nSPS) is 11.2. The van der Waals surface area contributed by atoms with Crippen molar-refractivity contribution in [3.8, 4) is 5.75 Å². The van der Waals surface area contributed by atoms with Crippen molar-refractivity contribution in [3.63, 3.8) is 0 Å². The summed E-state index contributed by atoms with van der Waals surface area (Å²) in [4.78, 5) is 12.6. The van der Waals surface area contributed by atoms with E-state index < -0.39 is 10.0 Å². The van der Waals surface area contributed by atoms with Crippen LogP contribution in [0, 0.1) is 13.8 Å². The summed E-state index contributed by atoms with van der Waals surface area (Å²) in [5.74, 6) is 0.0791. The van der Waals surface area contributed by atoms with Crippen LogP contribution in [0.1, 0.15) is 27.9 Å². The van der Waals surface area contributed by atoms with Crippen molar-refractivity contribution >= 4 is 21.6 Å². The van der Waals surface area contributed by atoms with Gasteiger partial charge in [-0.25, -0.2) is 8.42 Å². The van der Waals surface area contributed by atoms with Gasteiger partial charge in [0, 0.05) is 24.8 Å². The van der Waals surface area contributed by atoms with E-state index in [0.29, 0.717) is 36.5 Å². The molecule has 9 heteroatoms. The Balaban J connectivity index is 1.69. The second kappa shape index (κ2) is 9.65. The number of rotatable bonds is 9. The van der Waals surface area contributed by atoms with E-state index in [4.69, 9.17) is 4.74 Å². The number of carbonyl (C=O) groups is 1. The molecule has 0 saturated carbocycles. The van der Waals surface area contributed by atoms with Gasteiger partial charge in [-0.05, 0) is 55.7 Å². The lowest BCUT2D eigenvalue weighted by molar-refractivity contribution is 0.0952. The van der Waals surface area contributed by atoms with Gasteiger partial charge in [-0.3, -0.25) is 14.2 Å². The van der Waals surface area contributed by atoms with Gasteiger partial charge in [-0.1, -0.05) is 18.2 Å². The van der Waals surface area contributed by atoms with Crippen molar-refractivity contribution in [1.29, 1.82) is 0 Å². The van der Waals surface area contributed by atoms with Gasteiger partial charge in [0.15, 0.2) is 0 Å². The molecule has 1 heterocycles. The summed E-state index contributed by atoms with van der Waals surface area (Å²) in [5, 5.41) is 7.03. The molecule has 0 bridgehead atoms. The van der Waals surface area contributed by atoms with Crippen LogP contribution in [0.5, 0.6) is 5.75 Å². The summed E-state index contributed by atoms with van der Waals surface area (Å²) >= 11 is 0. The number of amides is 1. The van der Waals surface area contributed by atoms with E-state index in [1.807, 2.05) is 17.8 Å². The van der Waals surface area contributed by atoms with Crippen LogP contribution in [0.25, 0.3) is 0 Å². The van der Waals surface area contributed by atoms with Crippen molar-refractivity contribution in [2.75, 3.05) is 18.4 Å². The number of nitrogens with one attached hydrogen (secondary N) is 2. The summed E-state index contributed by atoms with van der Waals surface area (Å²) in [6.07, 6.45) is 4.43. The Morgan fingerprint density at radius 3 is 2.65 bits per heavy atom. The van der Waals surface area contributed by atoms with Crippen LogP contribution >= 0.6 is 0 Å². The molecule has 2 N–H and O–H groups in total. The zero-order chi connectivity index (χ0) is 22.4. The Hall–Kier alpha value is -3.33. The number of aromatic nitrogens is 2. The molecular weight excluding hydrogens is 416 g/mol.